The van der Waals surface area contributed by atoms with Gasteiger partial charge in [0.2, 0.25) is 0 Å². The van der Waals surface area contributed by atoms with Crippen molar-refractivity contribution in [2.24, 2.45) is 5.92 Å². The molecule has 2 N–H and O–H groups in total. The molecule has 8 heteroatoms. The van der Waals surface area contributed by atoms with Crippen molar-refractivity contribution < 1.29 is 22.4 Å². The van der Waals surface area contributed by atoms with Crippen LogP contribution < -0.4 is 10.6 Å². The number of rotatable bonds is 7. The molecule has 0 aliphatic carbocycles. The van der Waals surface area contributed by atoms with Gasteiger partial charge in [-0.2, -0.15) is 0 Å². The van der Waals surface area contributed by atoms with Gasteiger partial charge in [0.15, 0.2) is 9.84 Å². The van der Waals surface area contributed by atoms with Crippen LogP contribution >= 0.6 is 0 Å². The summed E-state index contributed by atoms with van der Waals surface area (Å²) in [6.07, 6.45) is 1.36. The van der Waals surface area contributed by atoms with Gasteiger partial charge in [-0.25, -0.2) is 8.42 Å². The Balaban J connectivity index is 2.15. The fourth-order valence-corrected chi connectivity index (χ4v) is 3.86. The van der Waals surface area contributed by atoms with Crippen molar-refractivity contribution in [1.82, 2.24) is 10.6 Å². The maximum Gasteiger partial charge on any atom is 0.309 e. The van der Waals surface area contributed by atoms with E-state index in [4.69, 9.17) is 4.42 Å². The van der Waals surface area contributed by atoms with Crippen LogP contribution in [0.4, 0.5) is 0 Å². The summed E-state index contributed by atoms with van der Waals surface area (Å²) in [5.74, 6) is -1.29. The van der Waals surface area contributed by atoms with Crippen LogP contribution in [0.2, 0.25) is 0 Å². The summed E-state index contributed by atoms with van der Waals surface area (Å²) in [5, 5.41) is 3.73. The van der Waals surface area contributed by atoms with Crippen LogP contribution in [0.15, 0.2) is 58.0 Å². The van der Waals surface area contributed by atoms with Gasteiger partial charge in [0.25, 0.3) is 0 Å². The summed E-state index contributed by atoms with van der Waals surface area (Å²) in [6.45, 7) is 3.88. The van der Waals surface area contributed by atoms with Crippen molar-refractivity contribution in [3.63, 3.8) is 0 Å². The van der Waals surface area contributed by atoms with E-state index in [0.717, 1.165) is 0 Å². The summed E-state index contributed by atoms with van der Waals surface area (Å²) >= 11 is 0. The molecular formula is C18H22N2O5S. The average molecular weight is 378 g/mol. The van der Waals surface area contributed by atoms with Crippen molar-refractivity contribution in [2.45, 2.75) is 24.0 Å². The molecule has 2 amide bonds. The van der Waals surface area contributed by atoms with Crippen LogP contribution in [0.5, 0.6) is 0 Å². The third kappa shape index (κ3) is 4.95. The zero-order valence-electron chi connectivity index (χ0n) is 14.6. The Labute approximate surface area is 152 Å². The molecule has 2 aromatic rings. The Morgan fingerprint density at radius 2 is 1.58 bits per heavy atom. The van der Waals surface area contributed by atoms with E-state index in [-0.39, 0.29) is 23.1 Å². The SMILES string of the molecule is CC(C)CNC(=O)C(=O)NC[C@@H](c1ccco1)S(=O)(=O)c1ccccc1. The van der Waals surface area contributed by atoms with E-state index in [0.29, 0.717) is 6.54 Å². The number of furan rings is 1. The molecule has 0 bridgehead atoms. The summed E-state index contributed by atoms with van der Waals surface area (Å²) in [5.41, 5.74) is 0. The minimum absolute atomic E-state index is 0.111. The summed E-state index contributed by atoms with van der Waals surface area (Å²) in [7, 11) is -3.81. The quantitative estimate of drug-likeness (QED) is 0.713. The number of carbonyl (C=O) groups is 2. The number of nitrogens with one attached hydrogen (secondary N) is 2. The van der Waals surface area contributed by atoms with Crippen LogP contribution in [0.3, 0.4) is 0 Å². The van der Waals surface area contributed by atoms with Crippen molar-refractivity contribution in [2.75, 3.05) is 13.1 Å². The lowest BCUT2D eigenvalue weighted by Crippen LogP contribution is -2.43. The largest absolute Gasteiger partial charge is 0.468 e. The van der Waals surface area contributed by atoms with Crippen LogP contribution in [0.1, 0.15) is 24.9 Å². The number of benzene rings is 1. The Bertz CT molecular complexity index is 830. The monoisotopic (exact) mass is 378 g/mol. The molecule has 0 saturated heterocycles. The summed E-state index contributed by atoms with van der Waals surface area (Å²) < 4.78 is 31.1. The van der Waals surface area contributed by atoms with E-state index in [1.54, 1.807) is 24.3 Å². The van der Waals surface area contributed by atoms with Gasteiger partial charge in [-0.05, 0) is 30.2 Å². The lowest BCUT2D eigenvalue weighted by molar-refractivity contribution is -0.139. The van der Waals surface area contributed by atoms with E-state index < -0.39 is 26.9 Å². The van der Waals surface area contributed by atoms with Gasteiger partial charge in [-0.3, -0.25) is 9.59 Å². The Hall–Kier alpha value is -2.61. The van der Waals surface area contributed by atoms with Crippen LogP contribution in [-0.4, -0.2) is 33.3 Å². The molecule has 0 spiro atoms. The first-order chi connectivity index (χ1) is 12.3. The Morgan fingerprint density at radius 1 is 0.962 bits per heavy atom. The molecule has 2 rings (SSSR count). The highest BCUT2D eigenvalue weighted by Gasteiger charge is 2.32. The lowest BCUT2D eigenvalue weighted by atomic mass is 10.2. The first-order valence-corrected chi connectivity index (χ1v) is 9.75. The predicted octanol–water partition coefficient (Wildman–Crippen LogP) is 1.68. The first-order valence-electron chi connectivity index (χ1n) is 8.20. The molecule has 7 nitrogen and oxygen atoms in total. The van der Waals surface area contributed by atoms with E-state index in [1.807, 2.05) is 13.8 Å². The van der Waals surface area contributed by atoms with E-state index >= 15 is 0 Å². The van der Waals surface area contributed by atoms with Crippen LogP contribution in [0.25, 0.3) is 0 Å². The minimum Gasteiger partial charge on any atom is -0.468 e. The molecule has 0 radical (unpaired) electrons. The predicted molar refractivity (Wildman–Crippen MR) is 95.9 cm³/mol. The van der Waals surface area contributed by atoms with Crippen molar-refractivity contribution in [1.29, 1.82) is 0 Å². The Kier molecular flexibility index (Phi) is 6.57. The average Bonchev–Trinajstić information content (AvgIpc) is 3.14. The summed E-state index contributed by atoms with van der Waals surface area (Å²) in [6, 6.07) is 11.0. The van der Waals surface area contributed by atoms with Gasteiger partial charge in [0, 0.05) is 13.1 Å². The number of sulfone groups is 1. The van der Waals surface area contributed by atoms with Crippen LogP contribution in [-0.2, 0) is 19.4 Å². The molecule has 0 unspecified atom stereocenters. The summed E-state index contributed by atoms with van der Waals surface area (Å²) in [4.78, 5) is 23.8. The number of hydrogen-bond acceptors (Lipinski definition) is 5. The highest BCUT2D eigenvalue weighted by molar-refractivity contribution is 7.91. The highest BCUT2D eigenvalue weighted by atomic mass is 32.2. The van der Waals surface area contributed by atoms with Gasteiger partial charge in [-0.1, -0.05) is 32.0 Å². The van der Waals surface area contributed by atoms with Gasteiger partial charge < -0.3 is 15.1 Å². The molecule has 1 aromatic carbocycles. The van der Waals surface area contributed by atoms with Gasteiger partial charge in [0.1, 0.15) is 11.0 Å². The third-order valence-corrected chi connectivity index (χ3v) is 5.71. The molecule has 0 aliphatic rings. The highest BCUT2D eigenvalue weighted by Crippen LogP contribution is 2.28. The topological polar surface area (TPSA) is 105 Å². The van der Waals surface area contributed by atoms with Crippen molar-refractivity contribution in [3.05, 3.63) is 54.5 Å². The first kappa shape index (κ1) is 19.7. The fourth-order valence-electron chi connectivity index (χ4n) is 2.25. The molecule has 0 aliphatic heterocycles. The molecule has 26 heavy (non-hydrogen) atoms. The normalized spacial score (nSPS) is 12.6. The van der Waals surface area contributed by atoms with Gasteiger partial charge in [-0.15, -0.1) is 0 Å². The zero-order chi connectivity index (χ0) is 19.2. The zero-order valence-corrected chi connectivity index (χ0v) is 15.5. The van der Waals surface area contributed by atoms with Gasteiger partial charge in [0.05, 0.1) is 11.2 Å². The van der Waals surface area contributed by atoms with Crippen molar-refractivity contribution in [3.8, 4) is 0 Å². The molecule has 1 aromatic heterocycles. The molecule has 0 fully saturated rings. The second-order valence-corrected chi connectivity index (χ2v) is 8.31. The molecule has 0 saturated carbocycles. The van der Waals surface area contributed by atoms with E-state index in [2.05, 4.69) is 10.6 Å². The van der Waals surface area contributed by atoms with Crippen LogP contribution in [0, 0.1) is 5.92 Å². The maximum atomic E-state index is 12.9. The second-order valence-electron chi connectivity index (χ2n) is 6.18. The van der Waals surface area contributed by atoms with Crippen molar-refractivity contribution >= 4 is 21.7 Å². The Morgan fingerprint density at radius 3 is 2.12 bits per heavy atom. The minimum atomic E-state index is -3.81. The van der Waals surface area contributed by atoms with E-state index in [9.17, 15) is 18.0 Å². The standard InChI is InChI=1S/C18H22N2O5S/c1-13(2)11-19-17(21)18(22)20-12-16(15-9-6-10-25-15)26(23,24)14-7-4-3-5-8-14/h3-10,13,16H,11-12H2,1-2H3,(H,19,21)(H,20,22)/t16-/m0/s1. The maximum absolute atomic E-state index is 12.9. The number of carbonyl (C=O) groups excluding carboxylic acids is 2. The molecule has 140 valence electrons. The second kappa shape index (κ2) is 8.66. The lowest BCUT2D eigenvalue weighted by Gasteiger charge is -2.16. The number of amides is 2. The molecular weight excluding hydrogens is 356 g/mol. The van der Waals surface area contributed by atoms with Gasteiger partial charge >= 0.3 is 11.8 Å². The fraction of sp³-hybridized carbons (Fsp3) is 0.333. The third-order valence-electron chi connectivity index (χ3n) is 3.63. The number of hydrogen-bond donors (Lipinski definition) is 2. The smallest absolute Gasteiger partial charge is 0.309 e. The molecule has 1 heterocycles. The van der Waals surface area contributed by atoms with E-state index in [1.165, 1.54) is 24.5 Å². The molecule has 1 atom stereocenters.